The highest BCUT2D eigenvalue weighted by Crippen LogP contribution is 3.09. The van der Waals surface area contributed by atoms with E-state index in [1.807, 2.05) is 19.9 Å². The summed E-state index contributed by atoms with van der Waals surface area (Å²) in [6.07, 6.45) is 4.97. The molecule has 6 aliphatic heterocycles. The number of hydrogen-bond donors (Lipinski definition) is 1. The molecule has 4 amide bonds. The molecule has 0 saturated carbocycles. The zero-order valence-electron chi connectivity index (χ0n) is 27.0. The molecule has 0 aromatic heterocycles. The number of ether oxygens (including phenoxy) is 1. The third-order valence-electron chi connectivity index (χ3n) is 10.8. The molecule has 6 heterocycles. The third kappa shape index (κ3) is 5.83. The van der Waals surface area contributed by atoms with E-state index in [2.05, 4.69) is 39.4 Å². The van der Waals surface area contributed by atoms with E-state index in [0.29, 0.717) is 36.7 Å². The molecule has 2 aromatic carbocycles. The minimum Gasteiger partial charge on any atom is -0.489 e. The van der Waals surface area contributed by atoms with E-state index in [0.717, 1.165) is 55.5 Å². The van der Waals surface area contributed by atoms with Gasteiger partial charge in [0.05, 0.1) is 6.54 Å². The summed E-state index contributed by atoms with van der Waals surface area (Å²) in [4.78, 5) is 55.8. The maximum absolute atomic E-state index is 13.1. The van der Waals surface area contributed by atoms with Gasteiger partial charge in [0.1, 0.15) is 18.4 Å². The first-order valence-electron chi connectivity index (χ1n) is 17.2. The maximum atomic E-state index is 13.1. The van der Waals surface area contributed by atoms with Crippen molar-refractivity contribution in [3.63, 3.8) is 0 Å². The van der Waals surface area contributed by atoms with Gasteiger partial charge in [0.25, 0.3) is 5.91 Å². The number of nitrogens with one attached hydrogen (secondary N) is 1. The normalized spacial score (nSPS) is 30.2. The van der Waals surface area contributed by atoms with Crippen molar-refractivity contribution in [2.45, 2.75) is 93.9 Å². The number of benzene rings is 2. The number of amides is 4. The Bertz CT molecular complexity index is 1520. The first kappa shape index (κ1) is 31.2. The summed E-state index contributed by atoms with van der Waals surface area (Å²) in [5.41, 5.74) is 3.59. The van der Waals surface area contributed by atoms with E-state index in [4.69, 9.17) is 4.74 Å². The van der Waals surface area contributed by atoms with Gasteiger partial charge in [-0.3, -0.25) is 29.4 Å². The summed E-state index contributed by atoms with van der Waals surface area (Å²) in [5, 5.41) is 5.87. The van der Waals surface area contributed by atoms with Crippen LogP contribution in [0.3, 0.4) is 0 Å². The van der Waals surface area contributed by atoms with Crippen LogP contribution in [-0.4, -0.2) is 92.1 Å². The average Bonchev–Trinajstić information content (AvgIpc) is 4.00. The standard InChI is InChI=1S/C34H40N4O5S.C2H6/c39-30-13-12-26(33(41)35-30)38-19-25-24(34(38)42)4-3-5-27(25)43-20-23-10-8-22(9-11-23)18-36-14-16-37(17-15-36)31(40)7-2-1-6-28-32-29-21-44(28,29)32;1-2/h3-5,8-11,26,28-29,32H,1-2,6-7,12-21H2,(H,35,39,41);1-2H3. The Morgan fingerprint density at radius 2 is 1.72 bits per heavy atom. The van der Waals surface area contributed by atoms with Crippen molar-refractivity contribution in [1.29, 1.82) is 0 Å². The number of rotatable bonds is 11. The molecule has 8 rings (SSSR count). The second kappa shape index (κ2) is 12.7. The molecule has 0 radical (unpaired) electrons. The number of unbranched alkanes of at least 4 members (excludes halogenated alkanes) is 1. The summed E-state index contributed by atoms with van der Waals surface area (Å²) in [5.74, 6) is 1.66. The number of piperidine rings is 1. The van der Waals surface area contributed by atoms with Crippen molar-refractivity contribution in [2.75, 3.05) is 31.9 Å². The lowest BCUT2D eigenvalue weighted by atomic mass is 10.0. The Morgan fingerprint density at radius 3 is 2.41 bits per heavy atom. The minimum atomic E-state index is -0.644. The molecular weight excluding hydrogens is 600 g/mol. The average molecular weight is 647 g/mol. The molecule has 9 nitrogen and oxygen atoms in total. The van der Waals surface area contributed by atoms with Crippen LogP contribution in [0.15, 0.2) is 42.5 Å². The molecule has 6 aliphatic rings. The van der Waals surface area contributed by atoms with Gasteiger partial charge in [0, 0.05) is 72.4 Å². The van der Waals surface area contributed by atoms with Crippen molar-refractivity contribution >= 4 is 33.7 Å². The number of nitrogens with zero attached hydrogens (tertiary/aromatic N) is 3. The highest BCUT2D eigenvalue weighted by Gasteiger charge is 2.93. The predicted molar refractivity (Wildman–Crippen MR) is 179 cm³/mol. The predicted octanol–water partition coefficient (Wildman–Crippen LogP) is 4.21. The molecule has 0 aliphatic carbocycles. The Morgan fingerprint density at radius 1 is 0.978 bits per heavy atom. The summed E-state index contributed by atoms with van der Waals surface area (Å²) in [6.45, 7) is 8.96. The van der Waals surface area contributed by atoms with E-state index in [1.54, 1.807) is 22.8 Å². The van der Waals surface area contributed by atoms with Gasteiger partial charge in [-0.15, -0.1) is 0 Å². The fraction of sp³-hybridized carbons (Fsp3) is 0.556. The van der Waals surface area contributed by atoms with Crippen LogP contribution in [0.5, 0.6) is 5.75 Å². The molecule has 5 fully saturated rings. The molecule has 246 valence electrons. The van der Waals surface area contributed by atoms with E-state index >= 15 is 0 Å². The fourth-order valence-electron chi connectivity index (χ4n) is 7.90. The van der Waals surface area contributed by atoms with Gasteiger partial charge in [-0.2, -0.15) is 0 Å². The van der Waals surface area contributed by atoms with Gasteiger partial charge in [0.2, 0.25) is 17.7 Å². The summed E-state index contributed by atoms with van der Waals surface area (Å²) in [6, 6.07) is 13.2. The summed E-state index contributed by atoms with van der Waals surface area (Å²) < 4.78 is 6.17. The number of carbonyl (C=O) groups is 4. The number of imide groups is 1. The van der Waals surface area contributed by atoms with Crippen LogP contribution in [0.25, 0.3) is 0 Å². The lowest BCUT2D eigenvalue weighted by Crippen LogP contribution is -2.52. The zero-order valence-corrected chi connectivity index (χ0v) is 27.9. The van der Waals surface area contributed by atoms with Gasteiger partial charge < -0.3 is 14.5 Å². The summed E-state index contributed by atoms with van der Waals surface area (Å²) in [7, 11) is 0.0577. The lowest BCUT2D eigenvalue weighted by Gasteiger charge is -2.35. The zero-order chi connectivity index (χ0) is 32.0. The molecule has 2 aromatic rings. The number of hydrogen-bond acceptors (Lipinski definition) is 6. The third-order valence-corrected chi connectivity index (χ3v) is 15.6. The van der Waals surface area contributed by atoms with E-state index in [9.17, 15) is 19.2 Å². The van der Waals surface area contributed by atoms with E-state index in [-0.39, 0.29) is 34.8 Å². The Hall–Kier alpha value is -3.37. The van der Waals surface area contributed by atoms with Gasteiger partial charge in [-0.25, -0.2) is 10.0 Å². The molecule has 10 heteroatoms. The Balaban J connectivity index is 0.00000166. The first-order valence-corrected chi connectivity index (χ1v) is 19.2. The van der Waals surface area contributed by atoms with E-state index in [1.165, 1.54) is 28.9 Å². The van der Waals surface area contributed by atoms with Crippen LogP contribution < -0.4 is 10.1 Å². The van der Waals surface area contributed by atoms with Crippen molar-refractivity contribution < 1.29 is 23.9 Å². The van der Waals surface area contributed by atoms with Crippen molar-refractivity contribution in [1.82, 2.24) is 20.0 Å². The second-order valence-corrected chi connectivity index (χ2v) is 17.2. The van der Waals surface area contributed by atoms with Crippen LogP contribution in [0.2, 0.25) is 0 Å². The second-order valence-electron chi connectivity index (χ2n) is 13.3. The maximum Gasteiger partial charge on any atom is 0.255 e. The lowest BCUT2D eigenvalue weighted by molar-refractivity contribution is -0.137. The number of fused-ring (bicyclic) bond motifs is 2. The molecular formula is C36H46N4O5S. The van der Waals surface area contributed by atoms with Crippen LogP contribution >= 0.6 is 10.0 Å². The molecule has 5 saturated heterocycles. The quantitative estimate of drug-likeness (QED) is 0.223. The molecule has 1 spiro atoms. The van der Waals surface area contributed by atoms with Crippen LogP contribution in [0, 0.1) is 0 Å². The summed E-state index contributed by atoms with van der Waals surface area (Å²) >= 11 is 0. The smallest absolute Gasteiger partial charge is 0.255 e. The molecule has 46 heavy (non-hydrogen) atoms. The van der Waals surface area contributed by atoms with Gasteiger partial charge in [-0.05, 0) is 48.3 Å². The van der Waals surface area contributed by atoms with Gasteiger partial charge in [-0.1, -0.05) is 50.6 Å². The largest absolute Gasteiger partial charge is 0.489 e. The highest BCUT2D eigenvalue weighted by atomic mass is 32.3. The molecule has 1 N–H and O–H groups in total. The van der Waals surface area contributed by atoms with Crippen molar-refractivity contribution in [2.24, 2.45) is 0 Å². The number of piperazine rings is 1. The van der Waals surface area contributed by atoms with Gasteiger partial charge in [0.15, 0.2) is 0 Å². The molecule has 5 atom stereocenters. The van der Waals surface area contributed by atoms with Gasteiger partial charge >= 0.3 is 0 Å². The monoisotopic (exact) mass is 646 g/mol. The van der Waals surface area contributed by atoms with Crippen molar-refractivity contribution in [3.05, 3.63) is 64.7 Å². The van der Waals surface area contributed by atoms with Crippen LogP contribution in [0.1, 0.15) is 79.4 Å². The van der Waals surface area contributed by atoms with Crippen molar-refractivity contribution in [3.8, 4) is 5.75 Å². The Kier molecular flexibility index (Phi) is 8.61. The SMILES string of the molecule is CC.O=C1CCC(N2Cc3c(OCc4ccc(CN5CCN(C(=O)CCCCC6C7C8CS687)CC5)cc4)cccc3C2=O)C(=O)N1. The van der Waals surface area contributed by atoms with Crippen LogP contribution in [-0.2, 0) is 34.1 Å². The Labute approximate surface area is 273 Å². The van der Waals surface area contributed by atoms with Crippen LogP contribution in [0.4, 0.5) is 0 Å². The molecule has 5 unspecified atom stereocenters. The first-order chi connectivity index (χ1) is 22.4. The van der Waals surface area contributed by atoms with E-state index < -0.39 is 11.9 Å². The number of carbonyl (C=O) groups excluding carboxylic acids is 4. The topological polar surface area (TPSA) is 99.3 Å². The fourth-order valence-corrected chi connectivity index (χ4v) is 13.2. The molecule has 0 bridgehead atoms. The highest BCUT2D eigenvalue weighted by molar-refractivity contribution is 8.54. The minimum absolute atomic E-state index is 0.0577.